The van der Waals surface area contributed by atoms with Crippen LogP contribution >= 0.6 is 0 Å². The fourth-order valence-electron chi connectivity index (χ4n) is 5.04. The topological polar surface area (TPSA) is 163 Å². The predicted molar refractivity (Wildman–Crippen MR) is 131 cm³/mol. The Hall–Kier alpha value is -3.77. The maximum atomic E-state index is 12.9. The van der Waals surface area contributed by atoms with Gasteiger partial charge < -0.3 is 30.1 Å². The highest BCUT2D eigenvalue weighted by atomic mass is 16.6. The van der Waals surface area contributed by atoms with Gasteiger partial charge in [-0.05, 0) is 29.2 Å². The Balaban J connectivity index is 1.38. The SMILES string of the molecule is Cc1cn([C@@H]2O[C@H](CO)[C@@H](O)[C@H](O)[C@H]2NC(=O)OCC2c3ccccc3-c3ccccc32)c(=O)[nH]c1=O. The molecule has 11 nitrogen and oxygen atoms in total. The molecule has 0 radical (unpaired) electrons. The zero-order valence-electron chi connectivity index (χ0n) is 19.9. The van der Waals surface area contributed by atoms with Crippen LogP contribution in [0, 0.1) is 6.92 Å². The number of alkyl carbamates (subject to hydrolysis) is 1. The van der Waals surface area contributed by atoms with Crippen LogP contribution in [0.4, 0.5) is 4.79 Å². The molecule has 11 heteroatoms. The first-order valence-corrected chi connectivity index (χ1v) is 11.9. The molecule has 1 aliphatic carbocycles. The second-order valence-electron chi connectivity index (χ2n) is 9.20. The zero-order valence-corrected chi connectivity index (χ0v) is 19.9. The molecule has 1 amide bonds. The second-order valence-corrected chi connectivity index (χ2v) is 9.20. The van der Waals surface area contributed by atoms with Crippen molar-refractivity contribution in [3.05, 3.63) is 92.3 Å². The van der Waals surface area contributed by atoms with Crippen molar-refractivity contribution in [1.29, 1.82) is 0 Å². The van der Waals surface area contributed by atoms with E-state index in [1.165, 1.54) is 13.1 Å². The van der Waals surface area contributed by atoms with Crippen LogP contribution in [0.3, 0.4) is 0 Å². The number of rotatable bonds is 5. The highest BCUT2D eigenvalue weighted by Crippen LogP contribution is 2.44. The van der Waals surface area contributed by atoms with Crippen LogP contribution in [0.15, 0.2) is 64.3 Å². The summed E-state index contributed by atoms with van der Waals surface area (Å²) in [5, 5.41) is 33.3. The molecule has 37 heavy (non-hydrogen) atoms. The van der Waals surface area contributed by atoms with Crippen molar-refractivity contribution in [1.82, 2.24) is 14.9 Å². The number of aromatic amines is 1. The molecule has 1 fully saturated rings. The molecule has 0 unspecified atom stereocenters. The van der Waals surface area contributed by atoms with Gasteiger partial charge in [0.05, 0.1) is 6.61 Å². The van der Waals surface area contributed by atoms with Crippen LogP contribution in [-0.4, -0.2) is 68.5 Å². The molecule has 1 aromatic heterocycles. The summed E-state index contributed by atoms with van der Waals surface area (Å²) in [7, 11) is 0. The fraction of sp³-hybridized carbons (Fsp3) is 0.346. The van der Waals surface area contributed by atoms with Crippen LogP contribution in [0.25, 0.3) is 11.1 Å². The quantitative estimate of drug-likeness (QED) is 0.329. The average Bonchev–Trinajstić information content (AvgIpc) is 3.22. The van der Waals surface area contributed by atoms with Crippen LogP contribution in [-0.2, 0) is 9.47 Å². The molecule has 1 saturated heterocycles. The van der Waals surface area contributed by atoms with Crippen LogP contribution < -0.4 is 16.6 Å². The summed E-state index contributed by atoms with van der Waals surface area (Å²) in [6.45, 7) is 0.831. The van der Waals surface area contributed by atoms with Gasteiger partial charge in [-0.3, -0.25) is 14.3 Å². The number of carbonyl (C=O) groups is 1. The molecule has 2 aromatic carbocycles. The molecular weight excluding hydrogens is 482 g/mol. The van der Waals surface area contributed by atoms with Crippen molar-refractivity contribution < 1.29 is 29.6 Å². The summed E-state index contributed by atoms with van der Waals surface area (Å²) in [6.07, 6.45) is -5.44. The van der Waals surface area contributed by atoms with Crippen LogP contribution in [0.2, 0.25) is 0 Å². The summed E-state index contributed by atoms with van der Waals surface area (Å²) in [5.41, 5.74) is 2.91. The maximum absolute atomic E-state index is 12.9. The normalized spacial score (nSPS) is 24.8. The van der Waals surface area contributed by atoms with Gasteiger partial charge in [0.1, 0.15) is 31.0 Å². The summed E-state index contributed by atoms with van der Waals surface area (Å²) in [4.78, 5) is 39.4. The van der Waals surface area contributed by atoms with E-state index in [0.29, 0.717) is 0 Å². The molecule has 0 saturated carbocycles. The van der Waals surface area contributed by atoms with Gasteiger partial charge >= 0.3 is 11.8 Å². The molecule has 2 heterocycles. The van der Waals surface area contributed by atoms with E-state index in [9.17, 15) is 29.7 Å². The van der Waals surface area contributed by atoms with Gasteiger partial charge in [-0.1, -0.05) is 48.5 Å². The van der Waals surface area contributed by atoms with Gasteiger partial charge in [-0.15, -0.1) is 0 Å². The van der Waals surface area contributed by atoms with Gasteiger partial charge in [-0.2, -0.15) is 0 Å². The van der Waals surface area contributed by atoms with Gasteiger partial charge in [0.15, 0.2) is 6.23 Å². The summed E-state index contributed by atoms with van der Waals surface area (Å²) in [6, 6.07) is 14.4. The number of aliphatic hydroxyl groups excluding tert-OH is 3. The molecule has 1 aliphatic heterocycles. The van der Waals surface area contributed by atoms with Crippen molar-refractivity contribution >= 4 is 6.09 Å². The van der Waals surface area contributed by atoms with E-state index in [1.807, 2.05) is 48.5 Å². The Morgan fingerprint density at radius 3 is 2.30 bits per heavy atom. The number of benzene rings is 2. The zero-order chi connectivity index (χ0) is 26.3. The lowest BCUT2D eigenvalue weighted by molar-refractivity contribution is -0.216. The molecular formula is C26H27N3O8. The van der Waals surface area contributed by atoms with E-state index in [1.54, 1.807) is 0 Å². The number of carbonyl (C=O) groups excluding carboxylic acids is 1. The standard InChI is InChI=1S/C26H27N3O8/c1-13-10-29(25(34)28-23(13)33)24-20(22(32)21(31)19(11-30)37-24)27-26(35)36-12-18-16-8-4-2-6-14(16)15-7-3-5-9-17(15)18/h2-10,18-22,24,30-32H,11-12H2,1H3,(H,27,35)(H,28,33,34)/t19-,20-,21-,22-,24-/m1/s1. The van der Waals surface area contributed by atoms with Gasteiger partial charge in [0.2, 0.25) is 0 Å². The van der Waals surface area contributed by atoms with Crippen LogP contribution in [0.1, 0.15) is 28.8 Å². The minimum Gasteiger partial charge on any atom is -0.449 e. The first-order chi connectivity index (χ1) is 17.8. The Morgan fingerprint density at radius 1 is 1.05 bits per heavy atom. The number of nitrogens with one attached hydrogen (secondary N) is 2. The second kappa shape index (κ2) is 9.94. The molecule has 5 N–H and O–H groups in total. The molecule has 5 atom stereocenters. The van der Waals surface area contributed by atoms with Crippen molar-refractivity contribution in [3.63, 3.8) is 0 Å². The van der Waals surface area contributed by atoms with Gasteiger partial charge in [0.25, 0.3) is 5.56 Å². The molecule has 3 aromatic rings. The third kappa shape index (κ3) is 4.46. The highest BCUT2D eigenvalue weighted by Gasteiger charge is 2.46. The summed E-state index contributed by atoms with van der Waals surface area (Å²) < 4.78 is 12.2. The van der Waals surface area contributed by atoms with E-state index in [2.05, 4.69) is 10.3 Å². The number of nitrogens with zero attached hydrogens (tertiary/aromatic N) is 1. The molecule has 2 aliphatic rings. The van der Waals surface area contributed by atoms with E-state index in [4.69, 9.17) is 9.47 Å². The van der Waals surface area contributed by atoms with Crippen molar-refractivity contribution in [2.24, 2.45) is 0 Å². The van der Waals surface area contributed by atoms with Crippen molar-refractivity contribution in [3.8, 4) is 11.1 Å². The van der Waals surface area contributed by atoms with Crippen molar-refractivity contribution in [2.45, 2.75) is 43.4 Å². The monoisotopic (exact) mass is 509 g/mol. The Labute approximate surface area is 210 Å². The number of aromatic nitrogens is 2. The smallest absolute Gasteiger partial charge is 0.407 e. The first-order valence-electron chi connectivity index (χ1n) is 11.9. The minimum absolute atomic E-state index is 0.00767. The Bertz CT molecular complexity index is 1390. The third-order valence-corrected chi connectivity index (χ3v) is 6.95. The Morgan fingerprint density at radius 2 is 1.68 bits per heavy atom. The summed E-state index contributed by atoms with van der Waals surface area (Å²) >= 11 is 0. The van der Waals surface area contributed by atoms with Gasteiger partial charge in [-0.25, -0.2) is 9.59 Å². The lowest BCUT2D eigenvalue weighted by Crippen LogP contribution is -2.63. The number of fused-ring (bicyclic) bond motifs is 3. The Kier molecular flexibility index (Phi) is 6.69. The number of hydrogen-bond donors (Lipinski definition) is 5. The first kappa shape index (κ1) is 24.9. The number of amides is 1. The number of ether oxygens (including phenoxy) is 2. The molecule has 0 spiro atoms. The number of hydrogen-bond acceptors (Lipinski definition) is 8. The maximum Gasteiger partial charge on any atom is 0.407 e. The van der Waals surface area contributed by atoms with E-state index in [0.717, 1.165) is 26.8 Å². The van der Waals surface area contributed by atoms with E-state index >= 15 is 0 Å². The molecule has 0 bridgehead atoms. The number of aryl methyl sites for hydroxylation is 1. The molecule has 5 rings (SSSR count). The number of aliphatic hydroxyl groups is 3. The summed E-state index contributed by atoms with van der Waals surface area (Å²) in [5.74, 6) is -0.199. The number of H-pyrrole nitrogens is 1. The lowest BCUT2D eigenvalue weighted by atomic mass is 9.96. The fourth-order valence-corrected chi connectivity index (χ4v) is 5.04. The van der Waals surface area contributed by atoms with Crippen LogP contribution in [0.5, 0.6) is 0 Å². The minimum atomic E-state index is -1.62. The lowest BCUT2D eigenvalue weighted by Gasteiger charge is -2.42. The predicted octanol–water partition coefficient (Wildman–Crippen LogP) is 0.364. The average molecular weight is 510 g/mol. The third-order valence-electron chi connectivity index (χ3n) is 6.95. The van der Waals surface area contributed by atoms with E-state index in [-0.39, 0.29) is 18.1 Å². The highest BCUT2D eigenvalue weighted by molar-refractivity contribution is 5.79. The largest absolute Gasteiger partial charge is 0.449 e. The van der Waals surface area contributed by atoms with E-state index < -0.39 is 54.5 Å². The molecule has 194 valence electrons. The van der Waals surface area contributed by atoms with Crippen molar-refractivity contribution in [2.75, 3.05) is 13.2 Å². The van der Waals surface area contributed by atoms with Gasteiger partial charge in [0, 0.05) is 17.7 Å².